The summed E-state index contributed by atoms with van der Waals surface area (Å²) in [6.45, 7) is 0.304. The Balaban J connectivity index is 1.49. The SMILES string of the molecule is COc1ccc(CNC(=O)CNC(=O)c2ccc3c(c2)OCO3)cc1OC. The first-order valence-corrected chi connectivity index (χ1v) is 8.26. The Kier molecular flexibility index (Phi) is 5.65. The van der Waals surface area contributed by atoms with Crippen LogP contribution < -0.4 is 29.6 Å². The van der Waals surface area contributed by atoms with E-state index in [4.69, 9.17) is 18.9 Å². The molecule has 1 aliphatic heterocycles. The van der Waals surface area contributed by atoms with E-state index in [9.17, 15) is 9.59 Å². The Labute approximate surface area is 156 Å². The predicted octanol–water partition coefficient (Wildman–Crippen LogP) is 1.48. The monoisotopic (exact) mass is 372 g/mol. The maximum atomic E-state index is 12.2. The topological polar surface area (TPSA) is 95.1 Å². The third-order valence-electron chi connectivity index (χ3n) is 3.98. The van der Waals surface area contributed by atoms with E-state index in [2.05, 4.69) is 10.6 Å². The first-order chi connectivity index (χ1) is 13.1. The van der Waals surface area contributed by atoms with Crippen LogP contribution in [-0.4, -0.2) is 39.4 Å². The average Bonchev–Trinajstić information content (AvgIpc) is 3.17. The molecule has 2 N–H and O–H groups in total. The van der Waals surface area contributed by atoms with Gasteiger partial charge in [0.05, 0.1) is 20.8 Å². The lowest BCUT2D eigenvalue weighted by molar-refractivity contribution is -0.120. The molecule has 0 saturated heterocycles. The second-order valence-corrected chi connectivity index (χ2v) is 5.72. The van der Waals surface area contributed by atoms with Crippen LogP contribution in [0.1, 0.15) is 15.9 Å². The van der Waals surface area contributed by atoms with Gasteiger partial charge in [-0.25, -0.2) is 0 Å². The van der Waals surface area contributed by atoms with Gasteiger partial charge < -0.3 is 29.6 Å². The Morgan fingerprint density at radius 3 is 2.52 bits per heavy atom. The van der Waals surface area contributed by atoms with Gasteiger partial charge in [0.15, 0.2) is 23.0 Å². The lowest BCUT2D eigenvalue weighted by Gasteiger charge is -2.11. The molecule has 0 aromatic heterocycles. The van der Waals surface area contributed by atoms with Gasteiger partial charge in [0.2, 0.25) is 12.7 Å². The summed E-state index contributed by atoms with van der Waals surface area (Å²) in [4.78, 5) is 24.1. The van der Waals surface area contributed by atoms with Crippen molar-refractivity contribution >= 4 is 11.8 Å². The van der Waals surface area contributed by atoms with Crippen LogP contribution in [-0.2, 0) is 11.3 Å². The summed E-state index contributed by atoms with van der Waals surface area (Å²) in [7, 11) is 3.11. The van der Waals surface area contributed by atoms with Crippen LogP contribution >= 0.6 is 0 Å². The zero-order valence-corrected chi connectivity index (χ0v) is 15.0. The average molecular weight is 372 g/mol. The molecule has 0 fully saturated rings. The summed E-state index contributed by atoms with van der Waals surface area (Å²) in [5.74, 6) is 1.64. The number of benzene rings is 2. The van der Waals surface area contributed by atoms with E-state index < -0.39 is 0 Å². The van der Waals surface area contributed by atoms with Gasteiger partial charge in [-0.1, -0.05) is 6.07 Å². The number of nitrogens with one attached hydrogen (secondary N) is 2. The predicted molar refractivity (Wildman–Crippen MR) is 96.3 cm³/mol. The number of hydrogen-bond acceptors (Lipinski definition) is 6. The van der Waals surface area contributed by atoms with Crippen molar-refractivity contribution in [3.05, 3.63) is 47.5 Å². The van der Waals surface area contributed by atoms with E-state index in [1.807, 2.05) is 6.07 Å². The van der Waals surface area contributed by atoms with Gasteiger partial charge in [0.1, 0.15) is 0 Å². The molecule has 2 amide bonds. The van der Waals surface area contributed by atoms with Crippen LogP contribution in [0.5, 0.6) is 23.0 Å². The summed E-state index contributed by atoms with van der Waals surface area (Å²) in [6, 6.07) is 10.2. The minimum atomic E-state index is -0.366. The minimum absolute atomic E-state index is 0.138. The van der Waals surface area contributed by atoms with Crippen molar-refractivity contribution < 1.29 is 28.5 Å². The van der Waals surface area contributed by atoms with Gasteiger partial charge in [-0.15, -0.1) is 0 Å². The van der Waals surface area contributed by atoms with Crippen LogP contribution in [0, 0.1) is 0 Å². The number of ether oxygens (including phenoxy) is 4. The molecule has 3 rings (SSSR count). The van der Waals surface area contributed by atoms with E-state index in [1.54, 1.807) is 44.6 Å². The number of hydrogen-bond donors (Lipinski definition) is 2. The van der Waals surface area contributed by atoms with Crippen LogP contribution in [0.2, 0.25) is 0 Å². The van der Waals surface area contributed by atoms with E-state index in [1.165, 1.54) is 0 Å². The highest BCUT2D eigenvalue weighted by molar-refractivity contribution is 5.97. The van der Waals surface area contributed by atoms with Crippen LogP contribution in [0.25, 0.3) is 0 Å². The molecule has 0 bridgehead atoms. The zero-order chi connectivity index (χ0) is 19.2. The zero-order valence-electron chi connectivity index (χ0n) is 15.0. The Bertz CT molecular complexity index is 852. The molecular weight excluding hydrogens is 352 g/mol. The maximum Gasteiger partial charge on any atom is 0.251 e. The molecule has 0 aliphatic carbocycles. The Hall–Kier alpha value is -3.42. The van der Waals surface area contributed by atoms with Gasteiger partial charge in [0, 0.05) is 12.1 Å². The normalized spacial score (nSPS) is 11.6. The standard InChI is InChI=1S/C19H20N2O6/c1-24-14-5-3-12(7-16(14)25-2)9-20-18(22)10-21-19(23)13-4-6-15-17(8-13)27-11-26-15/h3-8H,9-11H2,1-2H3,(H,20,22)(H,21,23). The molecule has 0 radical (unpaired) electrons. The fraction of sp³-hybridized carbons (Fsp3) is 0.263. The Morgan fingerprint density at radius 1 is 0.963 bits per heavy atom. The van der Waals surface area contributed by atoms with Crippen molar-refractivity contribution in [3.8, 4) is 23.0 Å². The molecule has 1 aliphatic rings. The largest absolute Gasteiger partial charge is 0.493 e. The van der Waals surface area contributed by atoms with E-state index in [-0.39, 0.29) is 25.2 Å². The molecule has 2 aromatic rings. The van der Waals surface area contributed by atoms with Gasteiger partial charge in [-0.2, -0.15) is 0 Å². The summed E-state index contributed by atoms with van der Waals surface area (Å²) in [6.07, 6.45) is 0. The fourth-order valence-electron chi connectivity index (χ4n) is 2.55. The highest BCUT2D eigenvalue weighted by Crippen LogP contribution is 2.32. The molecule has 0 atom stereocenters. The van der Waals surface area contributed by atoms with Crippen molar-refractivity contribution in [1.29, 1.82) is 0 Å². The number of carbonyl (C=O) groups excluding carboxylic acids is 2. The molecule has 8 nitrogen and oxygen atoms in total. The van der Waals surface area contributed by atoms with Gasteiger partial charge in [-0.05, 0) is 35.9 Å². The van der Waals surface area contributed by atoms with E-state index in [0.29, 0.717) is 35.1 Å². The highest BCUT2D eigenvalue weighted by atomic mass is 16.7. The van der Waals surface area contributed by atoms with Crippen molar-refractivity contribution in [3.63, 3.8) is 0 Å². The summed E-state index contributed by atoms with van der Waals surface area (Å²) < 4.78 is 20.8. The fourth-order valence-corrected chi connectivity index (χ4v) is 2.55. The van der Waals surface area contributed by atoms with E-state index in [0.717, 1.165) is 5.56 Å². The number of fused-ring (bicyclic) bond motifs is 1. The Morgan fingerprint density at radius 2 is 1.74 bits per heavy atom. The lowest BCUT2D eigenvalue weighted by atomic mass is 10.2. The highest BCUT2D eigenvalue weighted by Gasteiger charge is 2.16. The van der Waals surface area contributed by atoms with Crippen molar-refractivity contribution in [2.75, 3.05) is 27.6 Å². The third-order valence-corrected chi connectivity index (χ3v) is 3.98. The van der Waals surface area contributed by atoms with Crippen molar-refractivity contribution in [2.24, 2.45) is 0 Å². The number of carbonyl (C=O) groups is 2. The second-order valence-electron chi connectivity index (χ2n) is 5.72. The number of rotatable bonds is 7. The smallest absolute Gasteiger partial charge is 0.251 e. The molecule has 1 heterocycles. The van der Waals surface area contributed by atoms with Crippen LogP contribution in [0.4, 0.5) is 0 Å². The van der Waals surface area contributed by atoms with Crippen LogP contribution in [0.3, 0.4) is 0 Å². The quantitative estimate of drug-likeness (QED) is 0.764. The number of amides is 2. The van der Waals surface area contributed by atoms with Crippen LogP contribution in [0.15, 0.2) is 36.4 Å². The van der Waals surface area contributed by atoms with Crippen molar-refractivity contribution in [2.45, 2.75) is 6.54 Å². The molecule has 0 unspecified atom stereocenters. The molecular formula is C19H20N2O6. The summed E-state index contributed by atoms with van der Waals surface area (Å²) in [5.41, 5.74) is 1.25. The lowest BCUT2D eigenvalue weighted by Crippen LogP contribution is -2.36. The van der Waals surface area contributed by atoms with Gasteiger partial charge >= 0.3 is 0 Å². The molecule has 0 spiro atoms. The van der Waals surface area contributed by atoms with Gasteiger partial charge in [0.25, 0.3) is 5.91 Å². The molecule has 0 saturated carbocycles. The molecule has 8 heteroatoms. The first kappa shape index (κ1) is 18.4. The first-order valence-electron chi connectivity index (χ1n) is 8.26. The third kappa shape index (κ3) is 4.41. The van der Waals surface area contributed by atoms with Crippen molar-refractivity contribution in [1.82, 2.24) is 10.6 Å². The second kappa shape index (κ2) is 8.31. The maximum absolute atomic E-state index is 12.2. The molecule has 2 aromatic carbocycles. The number of methoxy groups -OCH3 is 2. The molecule has 142 valence electrons. The molecule has 27 heavy (non-hydrogen) atoms. The minimum Gasteiger partial charge on any atom is -0.493 e. The van der Waals surface area contributed by atoms with Gasteiger partial charge in [-0.3, -0.25) is 9.59 Å². The summed E-state index contributed by atoms with van der Waals surface area (Å²) in [5, 5.41) is 5.32. The summed E-state index contributed by atoms with van der Waals surface area (Å²) >= 11 is 0. The van der Waals surface area contributed by atoms with E-state index >= 15 is 0 Å².